The second-order valence-corrected chi connectivity index (χ2v) is 3.88. The lowest BCUT2D eigenvalue weighted by atomic mass is 10.0. The van der Waals surface area contributed by atoms with Crippen LogP contribution in [-0.4, -0.2) is 7.11 Å². The Morgan fingerprint density at radius 2 is 2.07 bits per heavy atom. The summed E-state index contributed by atoms with van der Waals surface area (Å²) in [5.74, 6) is 2.00. The highest BCUT2D eigenvalue weighted by atomic mass is 35.7. The Hall–Kier alpha value is -0.540. The van der Waals surface area contributed by atoms with Crippen molar-refractivity contribution < 1.29 is 8.92 Å². The molecule has 0 unspecified atom stereocenters. The molecule has 0 aliphatic carbocycles. The van der Waals surface area contributed by atoms with Crippen molar-refractivity contribution in [3.05, 3.63) is 23.8 Å². The second-order valence-electron chi connectivity index (χ2n) is 3.20. The highest BCUT2D eigenvalue weighted by Crippen LogP contribution is 2.32. The van der Waals surface area contributed by atoms with E-state index in [1.54, 1.807) is 7.11 Å². The van der Waals surface area contributed by atoms with Crippen LogP contribution < -0.4 is 8.92 Å². The quantitative estimate of drug-likeness (QED) is 0.731. The van der Waals surface area contributed by atoms with Crippen LogP contribution in [0, 0.1) is 0 Å². The molecule has 1 rings (SSSR count). The van der Waals surface area contributed by atoms with E-state index >= 15 is 0 Å². The number of methoxy groups -OCH3 is 1. The molecule has 4 heteroatoms. The van der Waals surface area contributed by atoms with Gasteiger partial charge in [0.1, 0.15) is 11.5 Å². The fourth-order valence-corrected chi connectivity index (χ4v) is 1.64. The zero-order valence-electron chi connectivity index (χ0n) is 8.41. The molecular weight excluding hydrogens is 220 g/mol. The van der Waals surface area contributed by atoms with Crippen LogP contribution in [0.2, 0.25) is 0 Å². The summed E-state index contributed by atoms with van der Waals surface area (Å²) in [6, 6.07) is 5.69. The first-order chi connectivity index (χ1) is 6.69. The summed E-state index contributed by atoms with van der Waals surface area (Å²) in [6.07, 6.45) is 0. The van der Waals surface area contributed by atoms with E-state index in [1.807, 2.05) is 18.2 Å². The minimum Gasteiger partial charge on any atom is -0.497 e. The molecule has 0 heterocycles. The maximum atomic E-state index is 5.45. The largest absolute Gasteiger partial charge is 0.497 e. The molecule has 2 nitrogen and oxygen atoms in total. The molecule has 0 bridgehead atoms. The molecule has 0 saturated carbocycles. The van der Waals surface area contributed by atoms with Crippen LogP contribution >= 0.6 is 21.9 Å². The average Bonchev–Trinajstić information content (AvgIpc) is 2.18. The van der Waals surface area contributed by atoms with Crippen molar-refractivity contribution in [3.8, 4) is 11.5 Å². The first-order valence-corrected chi connectivity index (χ1v) is 5.89. The summed E-state index contributed by atoms with van der Waals surface area (Å²) in [5.41, 5.74) is 1.09. The van der Waals surface area contributed by atoms with Crippen LogP contribution in [0.1, 0.15) is 25.3 Å². The highest BCUT2D eigenvalue weighted by molar-refractivity contribution is 8.17. The predicted octanol–water partition coefficient (Wildman–Crippen LogP) is 4.00. The van der Waals surface area contributed by atoms with Crippen LogP contribution in [0.3, 0.4) is 0 Å². The number of halogens is 1. The van der Waals surface area contributed by atoms with Crippen molar-refractivity contribution >= 4 is 21.9 Å². The number of rotatable bonds is 4. The summed E-state index contributed by atoms with van der Waals surface area (Å²) < 4.78 is 10.4. The Bertz CT molecular complexity index is 302. The van der Waals surface area contributed by atoms with E-state index in [1.165, 1.54) is 0 Å². The van der Waals surface area contributed by atoms with Gasteiger partial charge in [-0.1, -0.05) is 13.8 Å². The summed E-state index contributed by atoms with van der Waals surface area (Å²) >= 11 is 0.831. The molecule has 0 saturated heterocycles. The summed E-state index contributed by atoms with van der Waals surface area (Å²) in [6.45, 7) is 4.20. The SMILES string of the molecule is COc1ccc(OSCl)c(C(C)C)c1. The van der Waals surface area contributed by atoms with Gasteiger partial charge in [-0.05, 0) is 24.1 Å². The van der Waals surface area contributed by atoms with Gasteiger partial charge in [-0.25, -0.2) is 0 Å². The van der Waals surface area contributed by atoms with E-state index < -0.39 is 0 Å². The zero-order chi connectivity index (χ0) is 10.6. The molecule has 0 aromatic heterocycles. The molecule has 0 atom stereocenters. The first-order valence-electron chi connectivity index (χ1n) is 4.32. The molecule has 0 fully saturated rings. The average molecular weight is 233 g/mol. The van der Waals surface area contributed by atoms with Crippen molar-refractivity contribution in [1.82, 2.24) is 0 Å². The van der Waals surface area contributed by atoms with Gasteiger partial charge in [-0.15, -0.1) is 0 Å². The minimum absolute atomic E-state index is 0.379. The van der Waals surface area contributed by atoms with Gasteiger partial charge in [0, 0.05) is 16.2 Å². The molecule has 78 valence electrons. The van der Waals surface area contributed by atoms with Crippen LogP contribution in [-0.2, 0) is 0 Å². The van der Waals surface area contributed by atoms with Crippen molar-refractivity contribution in [1.29, 1.82) is 0 Å². The molecule has 1 aromatic carbocycles. The third-order valence-corrected chi connectivity index (χ3v) is 2.39. The topological polar surface area (TPSA) is 18.5 Å². The molecule has 0 amide bonds. The minimum atomic E-state index is 0.379. The zero-order valence-corrected chi connectivity index (χ0v) is 9.98. The van der Waals surface area contributed by atoms with Gasteiger partial charge in [0.2, 0.25) is 0 Å². The van der Waals surface area contributed by atoms with Gasteiger partial charge >= 0.3 is 0 Å². The van der Waals surface area contributed by atoms with Crippen molar-refractivity contribution in [2.75, 3.05) is 7.11 Å². The van der Waals surface area contributed by atoms with E-state index in [0.717, 1.165) is 28.3 Å². The lowest BCUT2D eigenvalue weighted by Crippen LogP contribution is -1.93. The molecule has 0 radical (unpaired) electrons. The molecule has 14 heavy (non-hydrogen) atoms. The van der Waals surface area contributed by atoms with Crippen molar-refractivity contribution in [2.45, 2.75) is 19.8 Å². The van der Waals surface area contributed by atoms with Gasteiger partial charge in [-0.2, -0.15) is 0 Å². The molecular formula is C10H13ClO2S. The maximum Gasteiger partial charge on any atom is 0.166 e. The van der Waals surface area contributed by atoms with Crippen molar-refractivity contribution in [2.24, 2.45) is 0 Å². The predicted molar refractivity (Wildman–Crippen MR) is 61.2 cm³/mol. The number of hydrogen-bond donors (Lipinski definition) is 0. The normalized spacial score (nSPS) is 10.4. The Morgan fingerprint density at radius 1 is 1.36 bits per heavy atom. The Kier molecular flexibility index (Phi) is 4.42. The molecule has 0 spiro atoms. The second kappa shape index (κ2) is 5.37. The molecule has 0 aliphatic rings. The third-order valence-electron chi connectivity index (χ3n) is 1.96. The van der Waals surface area contributed by atoms with Gasteiger partial charge in [0.15, 0.2) is 11.3 Å². The van der Waals surface area contributed by atoms with Crippen molar-refractivity contribution in [3.63, 3.8) is 0 Å². The molecule has 0 aliphatic heterocycles. The van der Waals surface area contributed by atoms with E-state index in [-0.39, 0.29) is 0 Å². The van der Waals surface area contributed by atoms with E-state index in [4.69, 9.17) is 19.6 Å². The third kappa shape index (κ3) is 2.72. The van der Waals surface area contributed by atoms with Gasteiger partial charge < -0.3 is 8.92 Å². The summed E-state index contributed by atoms with van der Waals surface area (Å²) in [7, 11) is 7.10. The molecule has 1 aromatic rings. The lowest BCUT2D eigenvalue weighted by molar-refractivity contribution is 0.413. The number of benzene rings is 1. The Balaban J connectivity index is 3.03. The Labute approximate surface area is 93.3 Å². The molecule has 0 N–H and O–H groups in total. The van der Waals surface area contributed by atoms with Crippen LogP contribution in [0.5, 0.6) is 11.5 Å². The number of ether oxygens (including phenoxy) is 1. The summed E-state index contributed by atoms with van der Waals surface area (Å²) in [5, 5.41) is 0. The summed E-state index contributed by atoms with van der Waals surface area (Å²) in [4.78, 5) is 0. The smallest absolute Gasteiger partial charge is 0.166 e. The van der Waals surface area contributed by atoms with Gasteiger partial charge in [-0.3, -0.25) is 0 Å². The standard InChI is InChI=1S/C10H13ClO2S/c1-7(2)9-6-8(12-3)4-5-10(9)13-14-11/h4-7H,1-3H3. The first kappa shape index (κ1) is 11.5. The fourth-order valence-electron chi connectivity index (χ4n) is 1.21. The van der Waals surface area contributed by atoms with Crippen LogP contribution in [0.25, 0.3) is 0 Å². The lowest BCUT2D eigenvalue weighted by Gasteiger charge is -2.12. The monoisotopic (exact) mass is 232 g/mol. The van der Waals surface area contributed by atoms with Gasteiger partial charge in [0.05, 0.1) is 7.11 Å². The Morgan fingerprint density at radius 3 is 2.57 bits per heavy atom. The van der Waals surface area contributed by atoms with E-state index in [9.17, 15) is 0 Å². The van der Waals surface area contributed by atoms with E-state index in [0.29, 0.717) is 5.92 Å². The van der Waals surface area contributed by atoms with E-state index in [2.05, 4.69) is 13.8 Å². The van der Waals surface area contributed by atoms with Crippen LogP contribution in [0.15, 0.2) is 18.2 Å². The highest BCUT2D eigenvalue weighted by Gasteiger charge is 2.09. The maximum absolute atomic E-state index is 5.45. The number of hydrogen-bond acceptors (Lipinski definition) is 3. The van der Waals surface area contributed by atoms with Gasteiger partial charge in [0.25, 0.3) is 0 Å². The fraction of sp³-hybridized carbons (Fsp3) is 0.400. The van der Waals surface area contributed by atoms with Crippen LogP contribution in [0.4, 0.5) is 0 Å².